The van der Waals surface area contributed by atoms with Crippen LogP contribution in [0.2, 0.25) is 15.1 Å². The third-order valence-corrected chi connectivity index (χ3v) is 4.57. The molecule has 23 heavy (non-hydrogen) atoms. The lowest BCUT2D eigenvalue weighted by Gasteiger charge is -2.03. The van der Waals surface area contributed by atoms with Gasteiger partial charge in [0, 0.05) is 26.6 Å². The molecule has 3 nitrogen and oxygen atoms in total. The van der Waals surface area contributed by atoms with Gasteiger partial charge in [0.05, 0.1) is 10.7 Å². The number of aromatic nitrogens is 1. The molecule has 0 fully saturated rings. The molecule has 1 N–H and O–H groups in total. The van der Waals surface area contributed by atoms with Crippen molar-refractivity contribution in [3.63, 3.8) is 0 Å². The van der Waals surface area contributed by atoms with Crippen molar-refractivity contribution in [1.29, 1.82) is 0 Å². The van der Waals surface area contributed by atoms with Gasteiger partial charge in [-0.3, -0.25) is 10.1 Å². The Hall–Kier alpha value is -1.59. The number of anilines is 1. The van der Waals surface area contributed by atoms with Gasteiger partial charge in [-0.15, -0.1) is 11.3 Å². The quantitative estimate of drug-likeness (QED) is 0.600. The van der Waals surface area contributed by atoms with E-state index in [1.54, 1.807) is 42.5 Å². The third kappa shape index (κ3) is 3.85. The lowest BCUT2D eigenvalue weighted by atomic mass is 10.2. The van der Waals surface area contributed by atoms with Crippen LogP contribution in [0.4, 0.5) is 5.13 Å². The average Bonchev–Trinajstić information content (AvgIpc) is 2.98. The van der Waals surface area contributed by atoms with E-state index in [4.69, 9.17) is 34.8 Å². The normalized spacial score (nSPS) is 10.6. The van der Waals surface area contributed by atoms with Crippen molar-refractivity contribution in [3.05, 3.63) is 68.5 Å². The van der Waals surface area contributed by atoms with Gasteiger partial charge in [0.1, 0.15) is 0 Å². The summed E-state index contributed by atoms with van der Waals surface area (Å²) >= 11 is 19.3. The van der Waals surface area contributed by atoms with E-state index in [1.165, 1.54) is 11.3 Å². The standard InChI is InChI=1S/C16H9Cl3N2OS/c17-10-3-1-2-9(6-10)15(22)21-16-20-14(8-23-16)12-7-11(18)4-5-13(12)19/h1-8H,(H,20,21,22). The maximum absolute atomic E-state index is 12.2. The van der Waals surface area contributed by atoms with Crippen molar-refractivity contribution < 1.29 is 4.79 Å². The first kappa shape index (κ1) is 16.3. The molecule has 0 radical (unpaired) electrons. The van der Waals surface area contributed by atoms with Crippen molar-refractivity contribution >= 4 is 57.2 Å². The number of nitrogens with zero attached hydrogens (tertiary/aromatic N) is 1. The maximum atomic E-state index is 12.2. The molecule has 1 amide bonds. The molecule has 0 spiro atoms. The molecule has 0 aliphatic rings. The molecule has 0 bridgehead atoms. The second kappa shape index (κ2) is 6.89. The number of hydrogen-bond donors (Lipinski definition) is 1. The fraction of sp³-hybridized carbons (Fsp3) is 0. The molecular weight excluding hydrogens is 375 g/mol. The first-order chi connectivity index (χ1) is 11.0. The van der Waals surface area contributed by atoms with Crippen molar-refractivity contribution in [3.8, 4) is 11.3 Å². The molecule has 0 atom stereocenters. The molecule has 0 saturated carbocycles. The molecule has 0 unspecified atom stereocenters. The van der Waals surface area contributed by atoms with Crippen LogP contribution in [0, 0.1) is 0 Å². The zero-order chi connectivity index (χ0) is 16.4. The van der Waals surface area contributed by atoms with Gasteiger partial charge >= 0.3 is 0 Å². The van der Waals surface area contributed by atoms with Crippen LogP contribution in [0.15, 0.2) is 47.8 Å². The predicted octanol–water partition coefficient (Wildman–Crippen LogP) is 6.02. The number of carbonyl (C=O) groups excluding carboxylic acids is 1. The van der Waals surface area contributed by atoms with Crippen LogP contribution < -0.4 is 5.32 Å². The summed E-state index contributed by atoms with van der Waals surface area (Å²) in [5.41, 5.74) is 1.85. The van der Waals surface area contributed by atoms with Crippen molar-refractivity contribution in [2.45, 2.75) is 0 Å². The largest absolute Gasteiger partial charge is 0.298 e. The van der Waals surface area contributed by atoms with E-state index in [2.05, 4.69) is 10.3 Å². The highest BCUT2D eigenvalue weighted by atomic mass is 35.5. The number of halogens is 3. The summed E-state index contributed by atoms with van der Waals surface area (Å²) in [7, 11) is 0. The molecule has 1 aromatic heterocycles. The fourth-order valence-corrected chi connectivity index (χ4v) is 3.23. The Morgan fingerprint density at radius 2 is 1.83 bits per heavy atom. The van der Waals surface area contributed by atoms with E-state index in [9.17, 15) is 4.79 Å². The van der Waals surface area contributed by atoms with Crippen LogP contribution in [0.1, 0.15) is 10.4 Å². The third-order valence-electron chi connectivity index (χ3n) is 3.02. The van der Waals surface area contributed by atoms with Crippen LogP contribution in [0.25, 0.3) is 11.3 Å². The number of hydrogen-bond acceptors (Lipinski definition) is 3. The van der Waals surface area contributed by atoms with Crippen molar-refractivity contribution in [2.75, 3.05) is 5.32 Å². The highest BCUT2D eigenvalue weighted by molar-refractivity contribution is 7.14. The minimum Gasteiger partial charge on any atom is -0.298 e. The number of amides is 1. The van der Waals surface area contributed by atoms with Crippen molar-refractivity contribution in [2.24, 2.45) is 0 Å². The lowest BCUT2D eigenvalue weighted by molar-refractivity contribution is 0.102. The second-order valence-corrected chi connectivity index (χ2v) is 6.76. The number of carbonyl (C=O) groups is 1. The summed E-state index contributed by atoms with van der Waals surface area (Å²) in [4.78, 5) is 16.6. The summed E-state index contributed by atoms with van der Waals surface area (Å²) in [5.74, 6) is -0.273. The Kier molecular flexibility index (Phi) is 4.87. The summed E-state index contributed by atoms with van der Waals surface area (Å²) in [6.07, 6.45) is 0. The van der Waals surface area contributed by atoms with E-state index in [-0.39, 0.29) is 5.91 Å². The predicted molar refractivity (Wildman–Crippen MR) is 97.0 cm³/mol. The van der Waals surface area contributed by atoms with E-state index < -0.39 is 0 Å². The minimum absolute atomic E-state index is 0.273. The molecule has 7 heteroatoms. The van der Waals surface area contributed by atoms with Gasteiger partial charge in [0.15, 0.2) is 5.13 Å². The Morgan fingerprint density at radius 1 is 1.04 bits per heavy atom. The first-order valence-electron chi connectivity index (χ1n) is 6.51. The van der Waals surface area contributed by atoms with Gasteiger partial charge in [-0.05, 0) is 36.4 Å². The topological polar surface area (TPSA) is 42.0 Å². The fourth-order valence-electron chi connectivity index (χ4n) is 1.95. The molecule has 3 aromatic rings. The maximum Gasteiger partial charge on any atom is 0.257 e. The van der Waals surface area contributed by atoms with Gasteiger partial charge in [-0.2, -0.15) is 0 Å². The van der Waals surface area contributed by atoms with Crippen LogP contribution >= 0.6 is 46.1 Å². The Bertz CT molecular complexity index is 879. The monoisotopic (exact) mass is 382 g/mol. The summed E-state index contributed by atoms with van der Waals surface area (Å²) in [6, 6.07) is 11.9. The molecule has 0 saturated heterocycles. The van der Waals surface area contributed by atoms with Gasteiger partial charge in [0.2, 0.25) is 0 Å². The minimum atomic E-state index is -0.273. The number of benzene rings is 2. The number of rotatable bonds is 3. The van der Waals surface area contributed by atoms with Gasteiger partial charge < -0.3 is 0 Å². The highest BCUT2D eigenvalue weighted by Crippen LogP contribution is 2.32. The number of nitrogens with one attached hydrogen (secondary N) is 1. The SMILES string of the molecule is O=C(Nc1nc(-c2cc(Cl)ccc2Cl)cs1)c1cccc(Cl)c1. The van der Waals surface area contributed by atoms with Crippen LogP contribution in [0.3, 0.4) is 0 Å². The lowest BCUT2D eigenvalue weighted by Crippen LogP contribution is -2.11. The van der Waals surface area contributed by atoms with E-state index >= 15 is 0 Å². The van der Waals surface area contributed by atoms with Gasteiger partial charge in [-0.1, -0.05) is 40.9 Å². The Morgan fingerprint density at radius 3 is 2.61 bits per heavy atom. The van der Waals surface area contributed by atoms with Crippen molar-refractivity contribution in [1.82, 2.24) is 4.98 Å². The highest BCUT2D eigenvalue weighted by Gasteiger charge is 2.12. The average molecular weight is 384 g/mol. The second-order valence-electron chi connectivity index (χ2n) is 4.63. The summed E-state index contributed by atoms with van der Waals surface area (Å²) < 4.78 is 0. The van der Waals surface area contributed by atoms with Crippen LogP contribution in [-0.2, 0) is 0 Å². The Labute approximate surface area is 151 Å². The summed E-state index contributed by atoms with van der Waals surface area (Å²) in [5, 5.41) is 6.65. The molecule has 116 valence electrons. The van der Waals surface area contributed by atoms with E-state index in [1.807, 2.05) is 5.38 Å². The van der Waals surface area contributed by atoms with E-state index in [0.29, 0.717) is 31.5 Å². The molecule has 0 aliphatic carbocycles. The molecule has 2 aromatic carbocycles. The molecule has 0 aliphatic heterocycles. The van der Waals surface area contributed by atoms with Crippen LogP contribution in [-0.4, -0.2) is 10.9 Å². The number of thiazole rings is 1. The summed E-state index contributed by atoms with van der Waals surface area (Å²) in [6.45, 7) is 0. The van der Waals surface area contributed by atoms with E-state index in [0.717, 1.165) is 5.56 Å². The first-order valence-corrected chi connectivity index (χ1v) is 8.52. The van der Waals surface area contributed by atoms with Gasteiger partial charge in [0.25, 0.3) is 5.91 Å². The van der Waals surface area contributed by atoms with Gasteiger partial charge in [-0.25, -0.2) is 4.98 Å². The van der Waals surface area contributed by atoms with Crippen LogP contribution in [0.5, 0.6) is 0 Å². The zero-order valence-corrected chi connectivity index (χ0v) is 14.6. The zero-order valence-electron chi connectivity index (χ0n) is 11.5. The smallest absolute Gasteiger partial charge is 0.257 e. The Balaban J connectivity index is 1.82. The molecule has 3 rings (SSSR count). The molecular formula is C16H9Cl3N2OS. The molecule has 1 heterocycles.